The van der Waals surface area contributed by atoms with Gasteiger partial charge in [-0.05, 0) is 60.6 Å². The highest BCUT2D eigenvalue weighted by atomic mass is 35.5. The van der Waals surface area contributed by atoms with Crippen molar-refractivity contribution in [2.45, 2.75) is 6.92 Å². The van der Waals surface area contributed by atoms with Crippen LogP contribution < -0.4 is 10.6 Å². The van der Waals surface area contributed by atoms with Crippen molar-refractivity contribution >= 4 is 58.2 Å². The molecule has 0 spiro atoms. The van der Waals surface area contributed by atoms with E-state index in [2.05, 4.69) is 10.6 Å². The molecule has 2 N–H and O–H groups in total. The fourth-order valence-electron chi connectivity index (χ4n) is 1.73. The molecule has 0 aliphatic heterocycles. The number of anilines is 1. The maximum Gasteiger partial charge on any atom is 0.250 e. The molecule has 23 heavy (non-hydrogen) atoms. The van der Waals surface area contributed by atoms with Gasteiger partial charge in [0.25, 0.3) is 0 Å². The molecule has 0 aliphatic rings. The molecular formula is C17H14Cl2N2OS. The molecule has 0 heterocycles. The van der Waals surface area contributed by atoms with E-state index in [4.69, 9.17) is 35.4 Å². The summed E-state index contributed by atoms with van der Waals surface area (Å²) in [6.45, 7) is 1.91. The number of rotatable bonds is 3. The molecule has 2 rings (SSSR count). The second-order valence-corrected chi connectivity index (χ2v) is 6.04. The predicted molar refractivity (Wildman–Crippen MR) is 101 cm³/mol. The summed E-state index contributed by atoms with van der Waals surface area (Å²) in [7, 11) is 0. The van der Waals surface area contributed by atoms with Crippen LogP contribution in [0.5, 0.6) is 0 Å². The predicted octanol–water partition coefficient (Wildman–Crippen LogP) is 4.83. The van der Waals surface area contributed by atoms with Gasteiger partial charge in [-0.3, -0.25) is 10.1 Å². The van der Waals surface area contributed by atoms with Crippen LogP contribution in [-0.4, -0.2) is 11.0 Å². The molecule has 0 bridgehead atoms. The van der Waals surface area contributed by atoms with Crippen molar-refractivity contribution in [2.24, 2.45) is 0 Å². The van der Waals surface area contributed by atoms with E-state index < -0.39 is 0 Å². The van der Waals surface area contributed by atoms with Crippen LogP contribution in [0.2, 0.25) is 10.0 Å². The number of aryl methyl sites for hydroxylation is 1. The number of benzene rings is 2. The number of hydrogen-bond acceptors (Lipinski definition) is 2. The van der Waals surface area contributed by atoms with Crippen LogP contribution in [0.3, 0.4) is 0 Å². The Hall–Kier alpha value is -1.88. The van der Waals surface area contributed by atoms with Gasteiger partial charge in [0, 0.05) is 21.8 Å². The van der Waals surface area contributed by atoms with Gasteiger partial charge in [-0.25, -0.2) is 0 Å². The van der Waals surface area contributed by atoms with Crippen molar-refractivity contribution in [1.82, 2.24) is 5.32 Å². The van der Waals surface area contributed by atoms with Gasteiger partial charge < -0.3 is 5.32 Å². The van der Waals surface area contributed by atoms with E-state index in [1.54, 1.807) is 24.3 Å². The summed E-state index contributed by atoms with van der Waals surface area (Å²) in [5, 5.41) is 6.96. The van der Waals surface area contributed by atoms with Gasteiger partial charge in [0.15, 0.2) is 5.11 Å². The average Bonchev–Trinajstić information content (AvgIpc) is 2.50. The zero-order valence-electron chi connectivity index (χ0n) is 12.3. The van der Waals surface area contributed by atoms with Crippen molar-refractivity contribution < 1.29 is 4.79 Å². The normalized spacial score (nSPS) is 10.6. The smallest absolute Gasteiger partial charge is 0.250 e. The van der Waals surface area contributed by atoms with Crippen molar-refractivity contribution in [3.8, 4) is 0 Å². The molecule has 0 atom stereocenters. The lowest BCUT2D eigenvalue weighted by Crippen LogP contribution is -2.32. The minimum Gasteiger partial charge on any atom is -0.332 e. The fourth-order valence-corrected chi connectivity index (χ4v) is 2.26. The van der Waals surface area contributed by atoms with Crippen molar-refractivity contribution in [1.29, 1.82) is 0 Å². The summed E-state index contributed by atoms with van der Waals surface area (Å²) in [6, 6.07) is 12.6. The minimum absolute atomic E-state index is 0.204. The Morgan fingerprint density at radius 1 is 1.13 bits per heavy atom. The van der Waals surface area contributed by atoms with Gasteiger partial charge >= 0.3 is 0 Å². The molecule has 0 radical (unpaired) electrons. The number of halogens is 2. The van der Waals surface area contributed by atoms with Crippen molar-refractivity contribution in [3.05, 3.63) is 69.7 Å². The SMILES string of the molecule is Cc1ccc(NC(=S)NC(=O)/C=C/c2ccc(Cl)cc2)cc1Cl. The van der Waals surface area contributed by atoms with Crippen LogP contribution in [0, 0.1) is 6.92 Å². The molecule has 3 nitrogen and oxygen atoms in total. The highest BCUT2D eigenvalue weighted by Crippen LogP contribution is 2.19. The van der Waals surface area contributed by atoms with Crippen LogP contribution in [0.25, 0.3) is 6.08 Å². The summed E-state index contributed by atoms with van der Waals surface area (Å²) in [4.78, 5) is 11.8. The molecule has 0 aliphatic carbocycles. The van der Waals surface area contributed by atoms with E-state index in [0.717, 1.165) is 11.1 Å². The first-order valence-corrected chi connectivity index (χ1v) is 7.92. The Kier molecular flexibility index (Phi) is 6.16. The first-order valence-electron chi connectivity index (χ1n) is 6.76. The monoisotopic (exact) mass is 364 g/mol. The van der Waals surface area contributed by atoms with Gasteiger partial charge in [0.05, 0.1) is 0 Å². The van der Waals surface area contributed by atoms with E-state index in [-0.39, 0.29) is 11.0 Å². The van der Waals surface area contributed by atoms with E-state index in [1.165, 1.54) is 6.08 Å². The summed E-state index contributed by atoms with van der Waals surface area (Å²) >= 11 is 16.9. The number of nitrogens with one attached hydrogen (secondary N) is 2. The van der Waals surface area contributed by atoms with Crippen molar-refractivity contribution in [3.63, 3.8) is 0 Å². The number of thiocarbonyl (C=S) groups is 1. The lowest BCUT2D eigenvalue weighted by atomic mass is 10.2. The molecule has 1 amide bonds. The third-order valence-corrected chi connectivity index (χ3v) is 3.83. The maximum absolute atomic E-state index is 11.8. The Morgan fingerprint density at radius 3 is 2.48 bits per heavy atom. The second-order valence-electron chi connectivity index (χ2n) is 4.79. The standard InChI is InChI=1S/C17H14Cl2N2OS/c1-11-2-8-14(10-15(11)19)20-17(23)21-16(22)9-5-12-3-6-13(18)7-4-12/h2-10H,1H3,(H2,20,21,22,23)/b9-5+. The van der Waals surface area contributed by atoms with Crippen LogP contribution in [0.15, 0.2) is 48.5 Å². The van der Waals surface area contributed by atoms with Gasteiger partial charge in [-0.2, -0.15) is 0 Å². The van der Waals surface area contributed by atoms with Gasteiger partial charge in [-0.15, -0.1) is 0 Å². The van der Waals surface area contributed by atoms with Crippen molar-refractivity contribution in [2.75, 3.05) is 5.32 Å². The van der Waals surface area contributed by atoms with E-state index in [0.29, 0.717) is 15.7 Å². The van der Waals surface area contributed by atoms with Gasteiger partial charge in [0.2, 0.25) is 5.91 Å². The molecule has 0 saturated heterocycles. The molecule has 0 fully saturated rings. The van der Waals surface area contributed by atoms with Crippen LogP contribution in [0.1, 0.15) is 11.1 Å². The topological polar surface area (TPSA) is 41.1 Å². The molecule has 0 unspecified atom stereocenters. The Balaban J connectivity index is 1.90. The summed E-state index contributed by atoms with van der Waals surface area (Å²) in [5.41, 5.74) is 2.55. The van der Waals surface area contributed by atoms with Crippen LogP contribution in [0.4, 0.5) is 5.69 Å². The average molecular weight is 365 g/mol. The molecule has 6 heteroatoms. The van der Waals surface area contributed by atoms with E-state index in [9.17, 15) is 4.79 Å². The second kappa shape index (κ2) is 8.11. The number of amides is 1. The van der Waals surface area contributed by atoms with E-state index >= 15 is 0 Å². The zero-order chi connectivity index (χ0) is 16.8. The zero-order valence-corrected chi connectivity index (χ0v) is 14.6. The lowest BCUT2D eigenvalue weighted by Gasteiger charge is -2.09. The third kappa shape index (κ3) is 5.67. The molecule has 0 aromatic heterocycles. The molecule has 0 saturated carbocycles. The summed E-state index contributed by atoms with van der Waals surface area (Å²) in [6.07, 6.45) is 3.08. The van der Waals surface area contributed by atoms with Crippen LogP contribution >= 0.6 is 35.4 Å². The molecule has 2 aromatic rings. The number of carbonyl (C=O) groups is 1. The Labute approximate surface area is 150 Å². The van der Waals surface area contributed by atoms with Gasteiger partial charge in [0.1, 0.15) is 0 Å². The number of carbonyl (C=O) groups excluding carboxylic acids is 1. The van der Waals surface area contributed by atoms with Crippen LogP contribution in [-0.2, 0) is 4.79 Å². The highest BCUT2D eigenvalue weighted by molar-refractivity contribution is 7.80. The maximum atomic E-state index is 11.8. The highest BCUT2D eigenvalue weighted by Gasteiger charge is 2.03. The summed E-state index contributed by atoms with van der Waals surface area (Å²) < 4.78 is 0. The van der Waals surface area contributed by atoms with Gasteiger partial charge in [-0.1, -0.05) is 41.4 Å². The minimum atomic E-state index is -0.323. The molecular weight excluding hydrogens is 351 g/mol. The summed E-state index contributed by atoms with van der Waals surface area (Å²) in [5.74, 6) is -0.323. The quantitative estimate of drug-likeness (QED) is 0.605. The Morgan fingerprint density at radius 2 is 1.83 bits per heavy atom. The number of hydrogen-bond donors (Lipinski definition) is 2. The molecule has 118 valence electrons. The first-order chi connectivity index (χ1) is 10.9. The third-order valence-electron chi connectivity index (χ3n) is 2.96. The molecule has 2 aromatic carbocycles. The van der Waals surface area contributed by atoms with E-state index in [1.807, 2.05) is 31.2 Å². The largest absolute Gasteiger partial charge is 0.332 e. The Bertz CT molecular complexity index is 758. The first kappa shape index (κ1) is 17.5. The fraction of sp³-hybridized carbons (Fsp3) is 0.0588. The lowest BCUT2D eigenvalue weighted by molar-refractivity contribution is -0.115.